The highest BCUT2D eigenvalue weighted by molar-refractivity contribution is 5.97. The molecular formula is C15H20O4. The van der Waals surface area contributed by atoms with E-state index in [0.717, 1.165) is 18.4 Å². The predicted molar refractivity (Wildman–Crippen MR) is 68.3 cm³/mol. The average molecular weight is 264 g/mol. The van der Waals surface area contributed by atoms with Crippen molar-refractivity contribution in [2.75, 3.05) is 0 Å². The summed E-state index contributed by atoms with van der Waals surface area (Å²) in [4.78, 5) is 23.8. The first-order valence-electron chi connectivity index (χ1n) is 6.97. The van der Waals surface area contributed by atoms with Crippen molar-refractivity contribution in [2.45, 2.75) is 58.2 Å². The van der Waals surface area contributed by atoms with Crippen LogP contribution in [0.2, 0.25) is 0 Å². The minimum absolute atomic E-state index is 0.112. The van der Waals surface area contributed by atoms with Crippen LogP contribution in [0.1, 0.15) is 46.5 Å². The summed E-state index contributed by atoms with van der Waals surface area (Å²) in [5.74, 6) is -0.748. The van der Waals surface area contributed by atoms with E-state index in [9.17, 15) is 14.7 Å². The zero-order valence-corrected chi connectivity index (χ0v) is 11.7. The van der Waals surface area contributed by atoms with E-state index >= 15 is 0 Å². The first-order chi connectivity index (χ1) is 8.79. The van der Waals surface area contributed by atoms with E-state index in [1.807, 2.05) is 0 Å². The third kappa shape index (κ3) is 1.49. The van der Waals surface area contributed by atoms with Crippen LogP contribution in [0, 0.1) is 11.3 Å². The summed E-state index contributed by atoms with van der Waals surface area (Å²) in [6, 6.07) is 0. The molecule has 0 aromatic heterocycles. The minimum Gasteiger partial charge on any atom is -0.454 e. The van der Waals surface area contributed by atoms with E-state index in [4.69, 9.17) is 4.74 Å². The highest BCUT2D eigenvalue weighted by Crippen LogP contribution is 2.56. The highest BCUT2D eigenvalue weighted by atomic mass is 16.6. The number of carbonyl (C=O) groups excluding carboxylic acids is 2. The summed E-state index contributed by atoms with van der Waals surface area (Å²) >= 11 is 0. The maximum absolute atomic E-state index is 12.0. The van der Waals surface area contributed by atoms with Gasteiger partial charge in [-0.15, -0.1) is 0 Å². The van der Waals surface area contributed by atoms with Crippen LogP contribution in [-0.2, 0) is 14.3 Å². The monoisotopic (exact) mass is 264 g/mol. The summed E-state index contributed by atoms with van der Waals surface area (Å²) < 4.78 is 5.43. The number of esters is 1. The summed E-state index contributed by atoms with van der Waals surface area (Å²) in [5.41, 5.74) is 0.318. The Labute approximate surface area is 112 Å². The van der Waals surface area contributed by atoms with Crippen LogP contribution in [0.3, 0.4) is 0 Å². The molecule has 2 aliphatic carbocycles. The first-order valence-corrected chi connectivity index (χ1v) is 6.97. The normalized spacial score (nSPS) is 45.9. The van der Waals surface area contributed by atoms with E-state index in [0.29, 0.717) is 18.4 Å². The van der Waals surface area contributed by atoms with Crippen molar-refractivity contribution in [1.82, 2.24) is 0 Å². The van der Waals surface area contributed by atoms with Gasteiger partial charge in [-0.3, -0.25) is 9.59 Å². The van der Waals surface area contributed by atoms with Gasteiger partial charge in [0, 0.05) is 6.42 Å². The second-order valence-corrected chi connectivity index (χ2v) is 6.55. The van der Waals surface area contributed by atoms with Gasteiger partial charge >= 0.3 is 5.97 Å². The van der Waals surface area contributed by atoms with Gasteiger partial charge in [0.15, 0.2) is 11.9 Å². The van der Waals surface area contributed by atoms with Crippen LogP contribution in [0.25, 0.3) is 0 Å². The van der Waals surface area contributed by atoms with Crippen LogP contribution in [0.5, 0.6) is 0 Å². The Kier molecular flexibility index (Phi) is 2.50. The van der Waals surface area contributed by atoms with Crippen molar-refractivity contribution in [3.05, 3.63) is 11.1 Å². The fourth-order valence-electron chi connectivity index (χ4n) is 3.97. The van der Waals surface area contributed by atoms with Gasteiger partial charge in [-0.2, -0.15) is 0 Å². The molecule has 3 rings (SSSR count). The third-order valence-electron chi connectivity index (χ3n) is 5.51. The lowest BCUT2D eigenvalue weighted by molar-refractivity contribution is -0.144. The standard InChI is InChI=1S/C15H20O4/c1-8-10(16)4-5-14(3)6-7-15(18)9(2)13(17)19-12(15)11(8)14/h9,12,18H,4-7H2,1-3H3/t9-,12+,14-,15+/m1/s1. The molecule has 1 heterocycles. The number of ketones is 1. The maximum Gasteiger partial charge on any atom is 0.312 e. The van der Waals surface area contributed by atoms with Gasteiger partial charge in [-0.1, -0.05) is 6.92 Å². The van der Waals surface area contributed by atoms with E-state index in [-0.39, 0.29) is 17.2 Å². The van der Waals surface area contributed by atoms with Crippen molar-refractivity contribution in [3.8, 4) is 0 Å². The van der Waals surface area contributed by atoms with Crippen LogP contribution in [0.4, 0.5) is 0 Å². The second kappa shape index (κ2) is 3.69. The quantitative estimate of drug-likeness (QED) is 0.677. The molecule has 0 spiro atoms. The molecule has 4 atom stereocenters. The highest BCUT2D eigenvalue weighted by Gasteiger charge is 2.62. The number of carbonyl (C=O) groups is 2. The lowest BCUT2D eigenvalue weighted by Crippen LogP contribution is -2.53. The van der Waals surface area contributed by atoms with E-state index in [2.05, 4.69) is 6.92 Å². The lowest BCUT2D eigenvalue weighted by Gasteiger charge is -2.48. The van der Waals surface area contributed by atoms with E-state index in [1.165, 1.54) is 0 Å². The molecule has 4 heteroatoms. The third-order valence-corrected chi connectivity index (χ3v) is 5.51. The summed E-state index contributed by atoms with van der Waals surface area (Å²) in [7, 11) is 0. The Bertz CT molecular complexity index is 506. The van der Waals surface area contributed by atoms with E-state index in [1.54, 1.807) is 13.8 Å². The Morgan fingerprint density at radius 1 is 1.26 bits per heavy atom. The van der Waals surface area contributed by atoms with Crippen molar-refractivity contribution in [3.63, 3.8) is 0 Å². The SMILES string of the molecule is CC1=C2[C@@H]3OC(=O)[C@@H](C)[C@@]3(O)CC[C@@]2(C)CCC1=O. The molecule has 4 nitrogen and oxygen atoms in total. The molecule has 0 amide bonds. The lowest BCUT2D eigenvalue weighted by atomic mass is 9.58. The molecule has 0 aromatic carbocycles. The molecule has 104 valence electrons. The molecule has 0 aromatic rings. The molecule has 3 aliphatic rings. The fourth-order valence-corrected chi connectivity index (χ4v) is 3.97. The number of allylic oxidation sites excluding steroid dienone is 1. The zero-order chi connectivity index (χ0) is 14.0. The molecule has 1 N–H and O–H groups in total. The number of Topliss-reactive ketones (excluding diaryl/α,β-unsaturated/α-hetero) is 1. The molecule has 19 heavy (non-hydrogen) atoms. The van der Waals surface area contributed by atoms with Crippen molar-refractivity contribution < 1.29 is 19.4 Å². The minimum atomic E-state index is -1.13. The molecule has 1 saturated carbocycles. The summed E-state index contributed by atoms with van der Waals surface area (Å²) in [5, 5.41) is 10.8. The Hall–Kier alpha value is -1.16. The Morgan fingerprint density at radius 2 is 1.95 bits per heavy atom. The topological polar surface area (TPSA) is 63.6 Å². The number of fused-ring (bicyclic) bond motifs is 3. The molecule has 0 unspecified atom stereocenters. The molecule has 0 radical (unpaired) electrons. The maximum atomic E-state index is 12.0. The van der Waals surface area contributed by atoms with Crippen molar-refractivity contribution >= 4 is 11.8 Å². The van der Waals surface area contributed by atoms with Crippen LogP contribution < -0.4 is 0 Å². The van der Waals surface area contributed by atoms with Crippen molar-refractivity contribution in [1.29, 1.82) is 0 Å². The van der Waals surface area contributed by atoms with E-state index < -0.39 is 17.6 Å². The number of ether oxygens (including phenoxy) is 1. The number of hydrogen-bond donors (Lipinski definition) is 1. The largest absolute Gasteiger partial charge is 0.454 e. The second-order valence-electron chi connectivity index (χ2n) is 6.55. The van der Waals surface area contributed by atoms with Crippen LogP contribution >= 0.6 is 0 Å². The molecule has 2 fully saturated rings. The molecule has 1 aliphatic heterocycles. The predicted octanol–water partition coefficient (Wildman–Crippen LogP) is 1.76. The Balaban J connectivity index is 2.15. The summed E-state index contributed by atoms with van der Waals surface area (Å²) in [6.45, 7) is 5.64. The van der Waals surface area contributed by atoms with Gasteiger partial charge in [0.1, 0.15) is 5.60 Å². The summed E-state index contributed by atoms with van der Waals surface area (Å²) in [6.07, 6.45) is 2.09. The zero-order valence-electron chi connectivity index (χ0n) is 11.7. The van der Waals surface area contributed by atoms with Gasteiger partial charge in [0.05, 0.1) is 5.92 Å². The van der Waals surface area contributed by atoms with Crippen LogP contribution in [-0.4, -0.2) is 28.6 Å². The molecule has 0 bridgehead atoms. The van der Waals surface area contributed by atoms with Gasteiger partial charge in [0.25, 0.3) is 0 Å². The average Bonchev–Trinajstić information content (AvgIpc) is 2.59. The first kappa shape index (κ1) is 12.9. The molecule has 1 saturated heterocycles. The van der Waals surface area contributed by atoms with Gasteiger partial charge in [-0.05, 0) is 49.7 Å². The van der Waals surface area contributed by atoms with Crippen molar-refractivity contribution in [2.24, 2.45) is 11.3 Å². The van der Waals surface area contributed by atoms with Gasteiger partial charge in [-0.25, -0.2) is 0 Å². The van der Waals surface area contributed by atoms with Crippen LogP contribution in [0.15, 0.2) is 11.1 Å². The smallest absolute Gasteiger partial charge is 0.312 e. The number of rotatable bonds is 0. The van der Waals surface area contributed by atoms with Gasteiger partial charge < -0.3 is 9.84 Å². The number of aliphatic hydroxyl groups is 1. The fraction of sp³-hybridized carbons (Fsp3) is 0.733. The number of hydrogen-bond acceptors (Lipinski definition) is 4. The van der Waals surface area contributed by atoms with Gasteiger partial charge in [0.2, 0.25) is 0 Å². The molecular weight excluding hydrogens is 244 g/mol. The Morgan fingerprint density at radius 3 is 2.63 bits per heavy atom.